The molecular weight excluding hydrogens is 244 g/mol. The Morgan fingerprint density at radius 3 is 2.31 bits per heavy atom. The average molecular weight is 265 g/mol. The highest BCUT2D eigenvalue weighted by atomic mass is 32.2. The van der Waals surface area contributed by atoms with E-state index in [0.717, 1.165) is 42.7 Å². The third kappa shape index (κ3) is 3.51. The van der Waals surface area contributed by atoms with Crippen LogP contribution < -0.4 is 0 Å². The van der Waals surface area contributed by atoms with Gasteiger partial charge >= 0.3 is 0 Å². The van der Waals surface area contributed by atoms with Gasteiger partial charge in [-0.2, -0.15) is 7.60 Å². The number of ether oxygens (including phenoxy) is 2. The summed E-state index contributed by atoms with van der Waals surface area (Å²) in [6, 6.07) is 0. The van der Waals surface area contributed by atoms with Crippen LogP contribution in [0.25, 0.3) is 0 Å². The van der Waals surface area contributed by atoms with Crippen molar-refractivity contribution >= 4 is 24.9 Å². The highest BCUT2D eigenvalue weighted by Crippen LogP contribution is 2.34. The lowest BCUT2D eigenvalue weighted by molar-refractivity contribution is -0.675. The van der Waals surface area contributed by atoms with Gasteiger partial charge in [0.25, 0.3) is 0 Å². The lowest BCUT2D eigenvalue weighted by Gasteiger charge is -2.41. The maximum atomic E-state index is 5.75. The first-order chi connectivity index (χ1) is 7.57. The molecule has 2 unspecified atom stereocenters. The van der Waals surface area contributed by atoms with Crippen LogP contribution >= 0.6 is 24.9 Å². The quantitative estimate of drug-likeness (QED) is 0.462. The molecule has 2 saturated heterocycles. The number of hydrogen-bond acceptors (Lipinski definition) is 5. The highest BCUT2D eigenvalue weighted by molar-refractivity contribution is 7.98. The first-order valence-electron chi connectivity index (χ1n) is 5.85. The van der Waals surface area contributed by atoms with Crippen molar-refractivity contribution in [3.05, 3.63) is 0 Å². The molecule has 4 nitrogen and oxygen atoms in total. The van der Waals surface area contributed by atoms with E-state index in [4.69, 9.17) is 22.3 Å². The molecule has 0 amide bonds. The van der Waals surface area contributed by atoms with Gasteiger partial charge in [-0.05, 0) is 13.8 Å². The van der Waals surface area contributed by atoms with E-state index in [1.165, 1.54) is 0 Å². The van der Waals surface area contributed by atoms with Crippen molar-refractivity contribution in [1.82, 2.24) is 4.31 Å². The number of morpholine rings is 2. The Balaban J connectivity index is 1.90. The van der Waals surface area contributed by atoms with E-state index < -0.39 is 0 Å². The summed E-state index contributed by atoms with van der Waals surface area (Å²) in [4.78, 5) is 0. The molecule has 16 heavy (non-hydrogen) atoms. The molecule has 2 atom stereocenters. The molecule has 2 aliphatic rings. The zero-order chi connectivity index (χ0) is 11.6. The molecule has 0 aromatic carbocycles. The fraction of sp³-hybridized carbons (Fsp3) is 1.00. The Bertz CT molecular complexity index is 227. The summed E-state index contributed by atoms with van der Waals surface area (Å²) in [6.45, 7) is 9.82. The zero-order valence-corrected chi connectivity index (χ0v) is 11.7. The molecule has 0 aromatic heterocycles. The molecule has 0 radical (unpaired) electrons. The standard InChI is InChI=1S/C10H21N2O2S2/c1-9-7-12(15,8-10(2)14-9)16-11-3-5-13-6-4-11/h9-10,15H,3-8H2,1-2H3/q+1. The van der Waals surface area contributed by atoms with Crippen molar-refractivity contribution in [1.29, 1.82) is 0 Å². The molecule has 2 heterocycles. The molecule has 0 N–H and O–H groups in total. The Morgan fingerprint density at radius 2 is 1.75 bits per heavy atom. The van der Waals surface area contributed by atoms with Crippen LogP contribution in [0.2, 0.25) is 0 Å². The minimum atomic E-state index is 0.287. The number of quaternary nitrogens is 1. The van der Waals surface area contributed by atoms with E-state index in [-0.39, 0.29) is 12.2 Å². The lowest BCUT2D eigenvalue weighted by atomic mass is 10.3. The van der Waals surface area contributed by atoms with Gasteiger partial charge in [0.2, 0.25) is 0 Å². The number of thiol groups is 1. The minimum absolute atomic E-state index is 0.287. The summed E-state index contributed by atoms with van der Waals surface area (Å²) in [5.74, 6) is 0. The largest absolute Gasteiger partial charge is 0.379 e. The van der Waals surface area contributed by atoms with E-state index in [1.807, 2.05) is 12.1 Å². The monoisotopic (exact) mass is 265 g/mol. The summed E-state index contributed by atoms with van der Waals surface area (Å²) < 4.78 is 14.2. The fourth-order valence-electron chi connectivity index (χ4n) is 2.27. The summed E-state index contributed by atoms with van der Waals surface area (Å²) in [5, 5.41) is 0. The summed E-state index contributed by atoms with van der Waals surface area (Å²) in [5.41, 5.74) is 0. The molecule has 6 heteroatoms. The van der Waals surface area contributed by atoms with Crippen LogP contribution in [0.5, 0.6) is 0 Å². The average Bonchev–Trinajstić information content (AvgIpc) is 2.15. The first-order valence-corrected chi connectivity index (χ1v) is 6.98. The zero-order valence-electron chi connectivity index (χ0n) is 9.96. The Hall–Kier alpha value is 0.540. The summed E-state index contributed by atoms with van der Waals surface area (Å²) in [6.07, 6.45) is 0.574. The molecule has 0 aliphatic carbocycles. The Labute approximate surface area is 108 Å². The predicted octanol–water partition coefficient (Wildman–Crippen LogP) is 1.35. The van der Waals surface area contributed by atoms with Crippen molar-refractivity contribution in [2.75, 3.05) is 39.4 Å². The molecular formula is C10H21N2O2S2+. The van der Waals surface area contributed by atoms with Crippen molar-refractivity contribution < 1.29 is 12.8 Å². The number of hydrogen-bond donors (Lipinski definition) is 1. The van der Waals surface area contributed by atoms with E-state index in [9.17, 15) is 0 Å². The second kappa shape index (κ2) is 5.46. The predicted molar refractivity (Wildman–Crippen MR) is 69.0 cm³/mol. The van der Waals surface area contributed by atoms with Crippen LogP contribution in [0.3, 0.4) is 0 Å². The third-order valence-electron chi connectivity index (χ3n) is 2.79. The maximum Gasteiger partial charge on any atom is 0.182 e. The molecule has 0 aromatic rings. The van der Waals surface area contributed by atoms with E-state index in [1.54, 1.807) is 0 Å². The second-order valence-electron chi connectivity index (χ2n) is 4.59. The molecule has 2 aliphatic heterocycles. The van der Waals surface area contributed by atoms with Gasteiger partial charge in [0.15, 0.2) is 12.1 Å². The summed E-state index contributed by atoms with van der Waals surface area (Å²) >= 11 is 6.64. The molecule has 2 rings (SSSR count). The molecule has 94 valence electrons. The topological polar surface area (TPSA) is 21.7 Å². The van der Waals surface area contributed by atoms with Crippen LogP contribution in [0.1, 0.15) is 13.8 Å². The van der Waals surface area contributed by atoms with Gasteiger partial charge in [-0.25, -0.2) is 0 Å². The number of nitrogens with zero attached hydrogens (tertiary/aromatic N) is 2. The van der Waals surface area contributed by atoms with Crippen LogP contribution in [-0.4, -0.2) is 59.2 Å². The third-order valence-corrected chi connectivity index (χ3v) is 4.53. The second-order valence-corrected chi connectivity index (χ2v) is 7.01. The van der Waals surface area contributed by atoms with Crippen LogP contribution in [0.15, 0.2) is 0 Å². The smallest absolute Gasteiger partial charge is 0.182 e. The van der Waals surface area contributed by atoms with Crippen LogP contribution in [0.4, 0.5) is 0 Å². The van der Waals surface area contributed by atoms with E-state index in [2.05, 4.69) is 18.2 Å². The Morgan fingerprint density at radius 1 is 1.19 bits per heavy atom. The lowest BCUT2D eigenvalue weighted by Crippen LogP contribution is -2.52. The highest BCUT2D eigenvalue weighted by Gasteiger charge is 2.39. The van der Waals surface area contributed by atoms with Gasteiger partial charge in [0.05, 0.1) is 26.0 Å². The minimum Gasteiger partial charge on any atom is -0.379 e. The van der Waals surface area contributed by atoms with Gasteiger partial charge in [-0.15, -0.1) is 0 Å². The van der Waals surface area contributed by atoms with Crippen LogP contribution in [0, 0.1) is 0 Å². The van der Waals surface area contributed by atoms with Crippen molar-refractivity contribution in [3.8, 4) is 0 Å². The van der Waals surface area contributed by atoms with Gasteiger partial charge in [0.1, 0.15) is 25.3 Å². The molecule has 0 bridgehead atoms. The van der Waals surface area contributed by atoms with Crippen LogP contribution in [-0.2, 0) is 9.47 Å². The molecule has 0 saturated carbocycles. The molecule has 0 spiro atoms. The van der Waals surface area contributed by atoms with Gasteiger partial charge in [0, 0.05) is 13.1 Å². The maximum absolute atomic E-state index is 5.75. The van der Waals surface area contributed by atoms with Gasteiger partial charge in [-0.3, -0.25) is 0 Å². The fourth-order valence-corrected chi connectivity index (χ4v) is 4.34. The van der Waals surface area contributed by atoms with E-state index >= 15 is 0 Å². The number of rotatable bonds is 2. The molecule has 2 fully saturated rings. The van der Waals surface area contributed by atoms with Gasteiger partial charge in [-0.1, -0.05) is 0 Å². The van der Waals surface area contributed by atoms with E-state index in [0.29, 0.717) is 0 Å². The Kier molecular flexibility index (Phi) is 4.43. The normalized spacial score (nSPS) is 42.2. The summed E-state index contributed by atoms with van der Waals surface area (Å²) in [7, 11) is 0. The first kappa shape index (κ1) is 13.0. The van der Waals surface area contributed by atoms with Crippen molar-refractivity contribution in [3.63, 3.8) is 0 Å². The SMILES string of the molecule is CC1C[N+](S)(SN2CCOCC2)CC(C)O1. The van der Waals surface area contributed by atoms with Crippen molar-refractivity contribution in [2.24, 2.45) is 0 Å². The van der Waals surface area contributed by atoms with Gasteiger partial charge < -0.3 is 9.47 Å². The van der Waals surface area contributed by atoms with Crippen molar-refractivity contribution in [2.45, 2.75) is 26.1 Å².